The SMILES string of the molecule is CCOC(=O)c1c(-c2ccccc2)oc2ccc(CS(=O)(=O)c3ccccc3)cc12. The summed E-state index contributed by atoms with van der Waals surface area (Å²) in [7, 11) is -3.52. The summed E-state index contributed by atoms with van der Waals surface area (Å²) in [5, 5.41) is 0.535. The molecule has 0 aliphatic heterocycles. The van der Waals surface area contributed by atoms with Crippen LogP contribution in [0.4, 0.5) is 0 Å². The molecule has 152 valence electrons. The van der Waals surface area contributed by atoms with Gasteiger partial charge in [0.15, 0.2) is 9.84 Å². The van der Waals surface area contributed by atoms with Gasteiger partial charge in [-0.3, -0.25) is 0 Å². The summed E-state index contributed by atoms with van der Waals surface area (Å²) >= 11 is 0. The Kier molecular flexibility index (Phi) is 5.42. The maximum atomic E-state index is 12.8. The Bertz CT molecular complexity index is 1290. The van der Waals surface area contributed by atoms with Crippen LogP contribution in [0.15, 0.2) is 88.2 Å². The van der Waals surface area contributed by atoms with Gasteiger partial charge in [-0.05, 0) is 36.8 Å². The van der Waals surface area contributed by atoms with Crippen molar-refractivity contribution in [3.63, 3.8) is 0 Å². The van der Waals surface area contributed by atoms with Gasteiger partial charge in [0.25, 0.3) is 0 Å². The van der Waals surface area contributed by atoms with Crippen LogP contribution in [-0.2, 0) is 20.3 Å². The Labute approximate surface area is 174 Å². The van der Waals surface area contributed by atoms with E-state index in [1.165, 1.54) is 0 Å². The predicted octanol–water partition coefficient (Wildman–Crippen LogP) is 5.25. The van der Waals surface area contributed by atoms with E-state index in [-0.39, 0.29) is 17.3 Å². The van der Waals surface area contributed by atoms with Crippen LogP contribution in [0, 0.1) is 0 Å². The number of carbonyl (C=O) groups excluding carboxylic acids is 1. The molecular weight excluding hydrogens is 400 g/mol. The molecule has 4 rings (SSSR count). The number of esters is 1. The van der Waals surface area contributed by atoms with Crippen molar-refractivity contribution in [1.29, 1.82) is 0 Å². The number of hydrogen-bond donors (Lipinski definition) is 0. The van der Waals surface area contributed by atoms with E-state index in [1.54, 1.807) is 55.5 Å². The van der Waals surface area contributed by atoms with Gasteiger partial charge in [-0.2, -0.15) is 0 Å². The summed E-state index contributed by atoms with van der Waals surface area (Å²) in [5.41, 5.74) is 2.11. The van der Waals surface area contributed by atoms with E-state index in [0.29, 0.717) is 27.9 Å². The first-order valence-electron chi connectivity index (χ1n) is 9.55. The molecular formula is C24H20O5S. The fourth-order valence-electron chi connectivity index (χ4n) is 3.36. The van der Waals surface area contributed by atoms with Gasteiger partial charge in [0, 0.05) is 10.9 Å². The summed E-state index contributed by atoms with van der Waals surface area (Å²) in [6.45, 7) is 1.96. The van der Waals surface area contributed by atoms with Crippen molar-refractivity contribution >= 4 is 26.8 Å². The lowest BCUT2D eigenvalue weighted by atomic mass is 10.0. The van der Waals surface area contributed by atoms with E-state index in [9.17, 15) is 13.2 Å². The second-order valence-corrected chi connectivity index (χ2v) is 8.78. The summed E-state index contributed by atoms with van der Waals surface area (Å²) in [5.74, 6) is -0.272. The van der Waals surface area contributed by atoms with Gasteiger partial charge in [-0.1, -0.05) is 54.6 Å². The van der Waals surface area contributed by atoms with E-state index >= 15 is 0 Å². The zero-order valence-electron chi connectivity index (χ0n) is 16.4. The molecule has 0 unspecified atom stereocenters. The Morgan fingerprint density at radius 3 is 2.27 bits per heavy atom. The number of sulfone groups is 1. The van der Waals surface area contributed by atoms with Gasteiger partial charge >= 0.3 is 5.97 Å². The number of furan rings is 1. The van der Waals surface area contributed by atoms with Crippen LogP contribution < -0.4 is 0 Å². The minimum absolute atomic E-state index is 0.179. The van der Waals surface area contributed by atoms with E-state index < -0.39 is 15.8 Å². The maximum absolute atomic E-state index is 12.8. The molecule has 1 heterocycles. The van der Waals surface area contributed by atoms with Gasteiger partial charge in [0.2, 0.25) is 0 Å². The number of benzene rings is 3. The largest absolute Gasteiger partial charge is 0.462 e. The van der Waals surface area contributed by atoms with Gasteiger partial charge < -0.3 is 9.15 Å². The van der Waals surface area contributed by atoms with Crippen molar-refractivity contribution in [1.82, 2.24) is 0 Å². The molecule has 6 heteroatoms. The molecule has 0 aliphatic rings. The lowest BCUT2D eigenvalue weighted by molar-refractivity contribution is 0.0528. The van der Waals surface area contributed by atoms with E-state index in [4.69, 9.17) is 9.15 Å². The monoisotopic (exact) mass is 420 g/mol. The smallest absolute Gasteiger partial charge is 0.342 e. The van der Waals surface area contributed by atoms with Crippen LogP contribution in [0.5, 0.6) is 0 Å². The number of ether oxygens (including phenoxy) is 1. The summed E-state index contributed by atoms with van der Waals surface area (Å²) in [6.07, 6.45) is 0. The highest BCUT2D eigenvalue weighted by Gasteiger charge is 2.24. The minimum atomic E-state index is -3.52. The number of hydrogen-bond acceptors (Lipinski definition) is 5. The standard InChI is InChI=1S/C24H20O5S/c1-2-28-24(25)22-20-15-17(16-30(26,27)19-11-7-4-8-12-19)13-14-21(20)29-23(22)18-9-5-3-6-10-18/h3-15H,2,16H2,1H3. The lowest BCUT2D eigenvalue weighted by Crippen LogP contribution is -2.06. The normalized spacial score (nSPS) is 11.5. The number of fused-ring (bicyclic) bond motifs is 1. The Morgan fingerprint density at radius 1 is 0.933 bits per heavy atom. The molecule has 0 radical (unpaired) electrons. The van der Waals surface area contributed by atoms with Gasteiger partial charge in [0.05, 0.1) is 17.3 Å². The van der Waals surface area contributed by atoms with E-state index in [2.05, 4.69) is 0 Å². The summed E-state index contributed by atoms with van der Waals surface area (Å²) in [6, 6.07) is 22.7. The topological polar surface area (TPSA) is 73.6 Å². The minimum Gasteiger partial charge on any atom is -0.462 e. The van der Waals surface area contributed by atoms with Gasteiger partial charge in [0.1, 0.15) is 16.9 Å². The molecule has 0 saturated carbocycles. The van der Waals surface area contributed by atoms with Crippen molar-refractivity contribution in [2.24, 2.45) is 0 Å². The highest BCUT2D eigenvalue weighted by Crippen LogP contribution is 2.35. The zero-order chi connectivity index (χ0) is 21.1. The Balaban J connectivity index is 1.82. The molecule has 3 aromatic carbocycles. The third-order valence-electron chi connectivity index (χ3n) is 4.73. The van der Waals surface area contributed by atoms with Gasteiger partial charge in [-0.15, -0.1) is 0 Å². The van der Waals surface area contributed by atoms with Crippen LogP contribution in [0.1, 0.15) is 22.8 Å². The van der Waals surface area contributed by atoms with Crippen LogP contribution in [-0.4, -0.2) is 21.0 Å². The van der Waals surface area contributed by atoms with Crippen molar-refractivity contribution in [2.75, 3.05) is 6.61 Å². The van der Waals surface area contributed by atoms with Crippen LogP contribution >= 0.6 is 0 Å². The molecule has 0 bridgehead atoms. The molecule has 1 aromatic heterocycles. The second kappa shape index (κ2) is 8.16. The predicted molar refractivity (Wildman–Crippen MR) is 115 cm³/mol. The summed E-state index contributed by atoms with van der Waals surface area (Å²) in [4.78, 5) is 13.0. The Hall–Kier alpha value is -3.38. The molecule has 0 atom stereocenters. The molecule has 5 nitrogen and oxygen atoms in total. The highest BCUT2D eigenvalue weighted by atomic mass is 32.2. The zero-order valence-corrected chi connectivity index (χ0v) is 17.2. The first-order valence-corrected chi connectivity index (χ1v) is 11.2. The van der Waals surface area contributed by atoms with Crippen LogP contribution in [0.25, 0.3) is 22.3 Å². The highest BCUT2D eigenvalue weighted by molar-refractivity contribution is 7.90. The fraction of sp³-hybridized carbons (Fsp3) is 0.125. The average Bonchev–Trinajstić information content (AvgIpc) is 3.14. The van der Waals surface area contributed by atoms with Crippen molar-refractivity contribution < 1.29 is 22.4 Å². The molecule has 0 amide bonds. The van der Waals surface area contributed by atoms with Gasteiger partial charge in [-0.25, -0.2) is 13.2 Å². The maximum Gasteiger partial charge on any atom is 0.342 e. The average molecular weight is 420 g/mol. The van der Waals surface area contributed by atoms with Crippen molar-refractivity contribution in [2.45, 2.75) is 17.6 Å². The first kappa shape index (κ1) is 19.9. The van der Waals surface area contributed by atoms with E-state index in [1.807, 2.05) is 30.3 Å². The molecule has 30 heavy (non-hydrogen) atoms. The van der Waals surface area contributed by atoms with Crippen molar-refractivity contribution in [3.8, 4) is 11.3 Å². The molecule has 0 saturated heterocycles. The third kappa shape index (κ3) is 3.86. The molecule has 4 aromatic rings. The first-order chi connectivity index (χ1) is 14.5. The quantitative estimate of drug-likeness (QED) is 0.398. The fourth-order valence-corrected chi connectivity index (χ4v) is 4.72. The van der Waals surface area contributed by atoms with E-state index in [0.717, 1.165) is 5.56 Å². The molecule has 0 N–H and O–H groups in total. The van der Waals surface area contributed by atoms with Crippen molar-refractivity contribution in [3.05, 3.63) is 90.0 Å². The number of rotatable bonds is 6. The Morgan fingerprint density at radius 2 is 1.60 bits per heavy atom. The third-order valence-corrected chi connectivity index (χ3v) is 6.43. The molecule has 0 spiro atoms. The van der Waals surface area contributed by atoms with Crippen LogP contribution in [0.3, 0.4) is 0 Å². The molecule has 0 fully saturated rings. The van der Waals surface area contributed by atoms with Crippen LogP contribution in [0.2, 0.25) is 0 Å². The molecule has 0 aliphatic carbocycles. The number of carbonyl (C=O) groups is 1. The summed E-state index contributed by atoms with van der Waals surface area (Å²) < 4.78 is 36.8. The second-order valence-electron chi connectivity index (χ2n) is 6.80. The lowest BCUT2D eigenvalue weighted by Gasteiger charge is -2.06.